The van der Waals surface area contributed by atoms with Crippen molar-refractivity contribution >= 4 is 31.8 Å². The second kappa shape index (κ2) is 13.5. The summed E-state index contributed by atoms with van der Waals surface area (Å²) in [7, 11) is -1.72. The van der Waals surface area contributed by atoms with E-state index in [0.717, 1.165) is 16.5 Å². The van der Waals surface area contributed by atoms with E-state index in [0.29, 0.717) is 49.1 Å². The van der Waals surface area contributed by atoms with Crippen LogP contribution in [0.2, 0.25) is 0 Å². The van der Waals surface area contributed by atoms with Gasteiger partial charge in [0.25, 0.3) is 5.91 Å². The zero-order valence-corrected chi connectivity index (χ0v) is 24.3. The molecular formula is C32H35FN3O3Si. The molecule has 1 saturated heterocycles. The van der Waals surface area contributed by atoms with Gasteiger partial charge in [0.2, 0.25) is 5.91 Å². The summed E-state index contributed by atoms with van der Waals surface area (Å²) >= 11 is 0. The number of aryl methyl sites for hydroxylation is 1. The molecule has 0 spiro atoms. The summed E-state index contributed by atoms with van der Waals surface area (Å²) in [6, 6.07) is 22.0. The maximum Gasteiger partial charge on any atom is 0.331 e. The number of hydrogen-bond donors (Lipinski definition) is 0. The number of hydrogen-bond acceptors (Lipinski definition) is 4. The molecule has 1 radical (unpaired) electrons. The maximum absolute atomic E-state index is 14.5. The van der Waals surface area contributed by atoms with Crippen LogP contribution in [0.3, 0.4) is 0 Å². The molecule has 1 heterocycles. The van der Waals surface area contributed by atoms with Gasteiger partial charge in [-0.1, -0.05) is 56.0 Å². The average Bonchev–Trinajstić information content (AvgIpc) is 2.97. The SMILES string of the molecule is C=CC(=O)N1CCN(C[Si](Oc2ccc(C(=O)N=C(CC)c3ccccc3)cc2)c2ccc(C)c(F)c2)C[C@H]1C. The topological polar surface area (TPSA) is 62.2 Å². The Morgan fingerprint density at radius 2 is 1.80 bits per heavy atom. The Bertz CT molecular complexity index is 1380. The van der Waals surface area contributed by atoms with Crippen molar-refractivity contribution in [3.8, 4) is 5.75 Å². The largest absolute Gasteiger partial charge is 0.536 e. The van der Waals surface area contributed by atoms with Gasteiger partial charge >= 0.3 is 9.04 Å². The summed E-state index contributed by atoms with van der Waals surface area (Å²) in [6.07, 6.45) is 2.62. The van der Waals surface area contributed by atoms with Crippen LogP contribution in [0.5, 0.6) is 5.75 Å². The van der Waals surface area contributed by atoms with Crippen molar-refractivity contribution < 1.29 is 18.4 Å². The number of aliphatic imine (C=N–C) groups is 1. The van der Waals surface area contributed by atoms with E-state index in [9.17, 15) is 14.0 Å². The minimum Gasteiger partial charge on any atom is -0.536 e. The van der Waals surface area contributed by atoms with Gasteiger partial charge < -0.3 is 9.33 Å². The molecular weight excluding hydrogens is 521 g/mol. The Kier molecular flexibility index (Phi) is 9.79. The third-order valence-corrected chi connectivity index (χ3v) is 9.22. The van der Waals surface area contributed by atoms with Crippen LogP contribution in [0.15, 0.2) is 90.4 Å². The van der Waals surface area contributed by atoms with E-state index in [1.807, 2.05) is 55.1 Å². The van der Waals surface area contributed by atoms with Crippen molar-refractivity contribution in [3.63, 3.8) is 0 Å². The molecule has 0 N–H and O–H groups in total. The van der Waals surface area contributed by atoms with E-state index in [2.05, 4.69) is 16.5 Å². The third kappa shape index (κ3) is 7.19. The Labute approximate surface area is 237 Å². The summed E-state index contributed by atoms with van der Waals surface area (Å²) < 4.78 is 21.0. The zero-order valence-electron chi connectivity index (χ0n) is 23.3. The first kappa shape index (κ1) is 29.1. The zero-order chi connectivity index (χ0) is 28.6. The van der Waals surface area contributed by atoms with Crippen LogP contribution in [0.1, 0.15) is 41.8 Å². The molecule has 3 aromatic carbocycles. The number of carbonyl (C=O) groups excluding carboxylic acids is 2. The molecule has 0 aliphatic carbocycles. The number of rotatable bonds is 9. The lowest BCUT2D eigenvalue weighted by molar-refractivity contribution is -0.130. The van der Waals surface area contributed by atoms with Crippen LogP contribution in [0.25, 0.3) is 0 Å². The monoisotopic (exact) mass is 556 g/mol. The molecule has 40 heavy (non-hydrogen) atoms. The highest BCUT2D eigenvalue weighted by Gasteiger charge is 2.30. The molecule has 207 valence electrons. The number of amides is 2. The quantitative estimate of drug-likeness (QED) is 0.218. The number of halogens is 1. The molecule has 1 fully saturated rings. The maximum atomic E-state index is 14.5. The van der Waals surface area contributed by atoms with Crippen LogP contribution in [-0.2, 0) is 4.79 Å². The third-order valence-electron chi connectivity index (χ3n) is 7.05. The van der Waals surface area contributed by atoms with Crippen LogP contribution in [0, 0.1) is 12.7 Å². The second-order valence-corrected chi connectivity index (χ2v) is 11.9. The Balaban J connectivity index is 1.51. The van der Waals surface area contributed by atoms with E-state index in [-0.39, 0.29) is 23.7 Å². The molecule has 6 nitrogen and oxygen atoms in total. The minimum atomic E-state index is -1.72. The number of benzene rings is 3. The summed E-state index contributed by atoms with van der Waals surface area (Å²) in [5.74, 6) is -0.0207. The molecule has 0 bridgehead atoms. The number of nitrogens with zero attached hydrogens (tertiary/aromatic N) is 3. The fourth-order valence-corrected chi connectivity index (χ4v) is 6.78. The first-order valence-corrected chi connectivity index (χ1v) is 15.1. The molecule has 1 aliphatic rings. The first-order valence-electron chi connectivity index (χ1n) is 13.5. The summed E-state index contributed by atoms with van der Waals surface area (Å²) in [6.45, 7) is 11.3. The van der Waals surface area contributed by atoms with E-state index in [1.54, 1.807) is 43.3 Å². The van der Waals surface area contributed by atoms with Crippen molar-refractivity contribution in [2.45, 2.75) is 33.2 Å². The standard InChI is InChI=1S/C32H35FN3O3Si/c1-5-30(25-10-8-7-9-11-25)34-32(38)26-13-15-27(16-14-26)39-40(28-17-12-23(3)29(33)20-28)22-35-18-19-36(24(4)21-35)31(37)6-2/h6-17,20,24H,2,5,18-19,21-22H2,1,3-4H3/t24-/m1/s1. The van der Waals surface area contributed by atoms with E-state index in [4.69, 9.17) is 4.43 Å². The summed E-state index contributed by atoms with van der Waals surface area (Å²) in [5.41, 5.74) is 2.73. The molecule has 3 aromatic rings. The Morgan fingerprint density at radius 3 is 2.42 bits per heavy atom. The summed E-state index contributed by atoms with van der Waals surface area (Å²) in [5, 5.41) is 0.825. The number of piperazine rings is 1. The molecule has 8 heteroatoms. The molecule has 4 rings (SSSR count). The Hall–Kier alpha value is -3.88. The first-order chi connectivity index (χ1) is 19.3. The molecule has 2 amide bonds. The lowest BCUT2D eigenvalue weighted by atomic mass is 10.1. The molecule has 0 unspecified atom stereocenters. The average molecular weight is 557 g/mol. The smallest absolute Gasteiger partial charge is 0.331 e. The van der Waals surface area contributed by atoms with Crippen molar-refractivity contribution in [2.24, 2.45) is 4.99 Å². The molecule has 0 saturated carbocycles. The predicted octanol–water partition coefficient (Wildman–Crippen LogP) is 4.71. The highest BCUT2D eigenvalue weighted by atomic mass is 28.3. The van der Waals surface area contributed by atoms with E-state index in [1.165, 1.54) is 6.08 Å². The van der Waals surface area contributed by atoms with Gasteiger partial charge in [0.15, 0.2) is 0 Å². The van der Waals surface area contributed by atoms with Gasteiger partial charge in [-0.2, -0.15) is 0 Å². The van der Waals surface area contributed by atoms with Gasteiger partial charge in [-0.05, 0) is 73.0 Å². The second-order valence-electron chi connectivity index (χ2n) is 9.92. The van der Waals surface area contributed by atoms with Crippen LogP contribution >= 0.6 is 0 Å². The molecule has 1 atom stereocenters. The van der Waals surface area contributed by atoms with Crippen LogP contribution < -0.4 is 9.61 Å². The van der Waals surface area contributed by atoms with Crippen molar-refractivity contribution in [1.82, 2.24) is 9.80 Å². The lowest BCUT2D eigenvalue weighted by Gasteiger charge is -2.40. The van der Waals surface area contributed by atoms with Gasteiger partial charge in [-0.3, -0.25) is 14.5 Å². The minimum absolute atomic E-state index is 0.0343. The molecule has 0 aromatic heterocycles. The van der Waals surface area contributed by atoms with Gasteiger partial charge in [0.1, 0.15) is 11.6 Å². The van der Waals surface area contributed by atoms with Crippen LogP contribution in [-0.4, -0.2) is 68.2 Å². The normalized spacial score (nSPS) is 16.2. The van der Waals surface area contributed by atoms with Crippen molar-refractivity contribution in [3.05, 3.63) is 108 Å². The Morgan fingerprint density at radius 1 is 1.07 bits per heavy atom. The van der Waals surface area contributed by atoms with E-state index < -0.39 is 9.04 Å². The van der Waals surface area contributed by atoms with Gasteiger partial charge in [-0.25, -0.2) is 9.38 Å². The van der Waals surface area contributed by atoms with Gasteiger partial charge in [0.05, 0.1) is 5.71 Å². The summed E-state index contributed by atoms with van der Waals surface area (Å²) in [4.78, 5) is 33.5. The predicted molar refractivity (Wildman–Crippen MR) is 159 cm³/mol. The highest BCUT2D eigenvalue weighted by Crippen LogP contribution is 2.17. The van der Waals surface area contributed by atoms with Crippen molar-refractivity contribution in [1.29, 1.82) is 0 Å². The van der Waals surface area contributed by atoms with Gasteiger partial charge in [0, 0.05) is 37.4 Å². The van der Waals surface area contributed by atoms with Gasteiger partial charge in [-0.15, -0.1) is 0 Å². The van der Waals surface area contributed by atoms with Crippen molar-refractivity contribution in [2.75, 3.05) is 25.8 Å². The fourth-order valence-electron chi connectivity index (χ4n) is 4.75. The molecule has 1 aliphatic heterocycles. The lowest BCUT2D eigenvalue weighted by Crippen LogP contribution is -2.57. The highest BCUT2D eigenvalue weighted by molar-refractivity contribution is 6.68. The fraction of sp³-hybridized carbons (Fsp3) is 0.281. The number of carbonyl (C=O) groups is 2. The van der Waals surface area contributed by atoms with Crippen LogP contribution in [0.4, 0.5) is 4.39 Å². The van der Waals surface area contributed by atoms with E-state index >= 15 is 0 Å².